The summed E-state index contributed by atoms with van der Waals surface area (Å²) in [5, 5.41) is 2.84. The van der Waals surface area contributed by atoms with Crippen LogP contribution in [-0.4, -0.2) is 10.8 Å². The minimum Gasteiger partial charge on any atom is -0.294 e. The number of carbonyl (C=O) groups excluding carboxylic acids is 1. The SMILES string of the molecule is Cc1ccc(Br)c(C(=O)Cc2nc(C)cs2)c1. The Morgan fingerprint density at radius 3 is 2.82 bits per heavy atom. The number of rotatable bonds is 3. The summed E-state index contributed by atoms with van der Waals surface area (Å²) < 4.78 is 0.848. The fourth-order valence-corrected chi connectivity index (χ4v) is 2.81. The van der Waals surface area contributed by atoms with Crippen molar-refractivity contribution in [3.63, 3.8) is 0 Å². The largest absolute Gasteiger partial charge is 0.294 e. The van der Waals surface area contributed by atoms with Crippen LogP contribution in [0.15, 0.2) is 28.1 Å². The highest BCUT2D eigenvalue weighted by atomic mass is 79.9. The predicted octanol–water partition coefficient (Wildman–Crippen LogP) is 3.95. The highest BCUT2D eigenvalue weighted by molar-refractivity contribution is 9.10. The second-order valence-corrected chi connectivity index (χ2v) is 5.76. The van der Waals surface area contributed by atoms with E-state index in [1.165, 1.54) is 11.3 Å². The molecule has 0 saturated carbocycles. The number of thiazole rings is 1. The van der Waals surface area contributed by atoms with Crippen molar-refractivity contribution in [1.29, 1.82) is 0 Å². The van der Waals surface area contributed by atoms with Crippen molar-refractivity contribution >= 4 is 33.0 Å². The van der Waals surface area contributed by atoms with Gasteiger partial charge in [0.05, 0.1) is 6.42 Å². The number of ketones is 1. The zero-order valence-electron chi connectivity index (χ0n) is 9.66. The average Bonchev–Trinajstić information content (AvgIpc) is 2.67. The minimum atomic E-state index is 0.106. The normalized spacial score (nSPS) is 10.5. The molecule has 0 aliphatic heterocycles. The van der Waals surface area contributed by atoms with E-state index in [0.29, 0.717) is 6.42 Å². The molecule has 17 heavy (non-hydrogen) atoms. The van der Waals surface area contributed by atoms with Crippen molar-refractivity contribution in [3.8, 4) is 0 Å². The number of halogens is 1. The molecular formula is C13H12BrNOS. The highest BCUT2D eigenvalue weighted by Crippen LogP contribution is 2.21. The van der Waals surface area contributed by atoms with E-state index >= 15 is 0 Å². The van der Waals surface area contributed by atoms with E-state index in [1.54, 1.807) is 0 Å². The first kappa shape index (κ1) is 12.5. The molecule has 88 valence electrons. The zero-order chi connectivity index (χ0) is 12.4. The molecule has 0 bridgehead atoms. The number of Topliss-reactive ketones (excluding diaryl/α,β-unsaturated/α-hetero) is 1. The van der Waals surface area contributed by atoms with Gasteiger partial charge in [-0.1, -0.05) is 27.6 Å². The maximum Gasteiger partial charge on any atom is 0.170 e. The van der Waals surface area contributed by atoms with Crippen molar-refractivity contribution in [2.75, 3.05) is 0 Å². The van der Waals surface area contributed by atoms with Gasteiger partial charge in [-0.25, -0.2) is 4.98 Å². The van der Waals surface area contributed by atoms with Gasteiger partial charge in [-0.3, -0.25) is 4.79 Å². The lowest BCUT2D eigenvalue weighted by Gasteiger charge is -2.03. The van der Waals surface area contributed by atoms with E-state index in [1.807, 2.05) is 37.4 Å². The molecule has 0 radical (unpaired) electrons. The maximum absolute atomic E-state index is 12.1. The molecule has 0 N–H and O–H groups in total. The first-order chi connectivity index (χ1) is 8.06. The van der Waals surface area contributed by atoms with Gasteiger partial charge in [0.25, 0.3) is 0 Å². The number of aryl methyl sites for hydroxylation is 2. The van der Waals surface area contributed by atoms with Gasteiger partial charge in [-0.2, -0.15) is 0 Å². The number of carbonyl (C=O) groups is 1. The van der Waals surface area contributed by atoms with E-state index in [2.05, 4.69) is 20.9 Å². The smallest absolute Gasteiger partial charge is 0.170 e. The topological polar surface area (TPSA) is 30.0 Å². The Morgan fingerprint density at radius 1 is 1.41 bits per heavy atom. The summed E-state index contributed by atoms with van der Waals surface area (Å²) in [6.07, 6.45) is 0.376. The van der Waals surface area contributed by atoms with Crippen LogP contribution in [0.25, 0.3) is 0 Å². The molecule has 0 spiro atoms. The third-order valence-electron chi connectivity index (χ3n) is 2.40. The Morgan fingerprint density at radius 2 is 2.18 bits per heavy atom. The quantitative estimate of drug-likeness (QED) is 0.804. The molecule has 0 amide bonds. The fourth-order valence-electron chi connectivity index (χ4n) is 1.57. The number of hydrogen-bond acceptors (Lipinski definition) is 3. The molecule has 1 heterocycles. The fraction of sp³-hybridized carbons (Fsp3) is 0.231. The van der Waals surface area contributed by atoms with E-state index in [-0.39, 0.29) is 5.78 Å². The zero-order valence-corrected chi connectivity index (χ0v) is 12.1. The first-order valence-corrected chi connectivity index (χ1v) is 6.94. The molecule has 0 fully saturated rings. The second kappa shape index (κ2) is 5.10. The molecule has 0 atom stereocenters. The molecule has 2 rings (SSSR count). The van der Waals surface area contributed by atoms with Crippen LogP contribution in [0.3, 0.4) is 0 Å². The van der Waals surface area contributed by atoms with Crippen LogP contribution in [0.5, 0.6) is 0 Å². The third-order valence-corrected chi connectivity index (χ3v) is 4.06. The number of hydrogen-bond donors (Lipinski definition) is 0. The summed E-state index contributed by atoms with van der Waals surface area (Å²) in [6, 6.07) is 5.80. The monoisotopic (exact) mass is 309 g/mol. The van der Waals surface area contributed by atoms with Gasteiger partial charge in [0, 0.05) is 21.1 Å². The first-order valence-electron chi connectivity index (χ1n) is 5.26. The van der Waals surface area contributed by atoms with Gasteiger partial charge >= 0.3 is 0 Å². The molecule has 2 nitrogen and oxygen atoms in total. The highest BCUT2D eigenvalue weighted by Gasteiger charge is 2.12. The molecule has 0 saturated heterocycles. The van der Waals surface area contributed by atoms with Crippen molar-refractivity contribution in [3.05, 3.63) is 49.9 Å². The summed E-state index contributed by atoms with van der Waals surface area (Å²) in [5.41, 5.74) is 2.80. The summed E-state index contributed by atoms with van der Waals surface area (Å²) in [5.74, 6) is 0.106. The van der Waals surface area contributed by atoms with Crippen molar-refractivity contribution in [1.82, 2.24) is 4.98 Å². The second-order valence-electron chi connectivity index (χ2n) is 3.97. The van der Waals surface area contributed by atoms with E-state index in [9.17, 15) is 4.79 Å². The Balaban J connectivity index is 2.22. The number of nitrogens with zero attached hydrogens (tertiary/aromatic N) is 1. The molecule has 4 heteroatoms. The molecular weight excluding hydrogens is 298 g/mol. The number of benzene rings is 1. The number of aromatic nitrogens is 1. The van der Waals surface area contributed by atoms with Crippen LogP contribution in [0.1, 0.15) is 26.6 Å². The van der Waals surface area contributed by atoms with Crippen LogP contribution >= 0.6 is 27.3 Å². The molecule has 1 aromatic heterocycles. The molecule has 1 aromatic carbocycles. The van der Waals surface area contributed by atoms with E-state index < -0.39 is 0 Å². The van der Waals surface area contributed by atoms with Gasteiger partial charge in [0.1, 0.15) is 5.01 Å². The molecule has 2 aromatic rings. The van der Waals surface area contributed by atoms with Crippen LogP contribution in [0.4, 0.5) is 0 Å². The summed E-state index contributed by atoms with van der Waals surface area (Å²) in [4.78, 5) is 16.4. The third kappa shape index (κ3) is 3.01. The van der Waals surface area contributed by atoms with Crippen LogP contribution < -0.4 is 0 Å². The van der Waals surface area contributed by atoms with Crippen molar-refractivity contribution in [2.24, 2.45) is 0 Å². The van der Waals surface area contributed by atoms with Crippen molar-refractivity contribution < 1.29 is 4.79 Å². The Hall–Kier alpha value is -1.00. The lowest BCUT2D eigenvalue weighted by Crippen LogP contribution is -2.04. The van der Waals surface area contributed by atoms with E-state index in [4.69, 9.17) is 0 Å². The Labute approximate surface area is 113 Å². The maximum atomic E-state index is 12.1. The molecule has 0 aliphatic rings. The Kier molecular flexibility index (Phi) is 3.74. The average molecular weight is 310 g/mol. The van der Waals surface area contributed by atoms with Gasteiger partial charge < -0.3 is 0 Å². The summed E-state index contributed by atoms with van der Waals surface area (Å²) in [6.45, 7) is 3.92. The Bertz CT molecular complexity index is 562. The van der Waals surface area contributed by atoms with E-state index in [0.717, 1.165) is 26.3 Å². The lowest BCUT2D eigenvalue weighted by molar-refractivity contribution is 0.0992. The standard InChI is InChI=1S/C13H12BrNOS/c1-8-3-4-11(14)10(5-8)12(16)6-13-15-9(2)7-17-13/h3-5,7H,6H2,1-2H3. The van der Waals surface area contributed by atoms with Crippen LogP contribution in [0.2, 0.25) is 0 Å². The predicted molar refractivity (Wildman–Crippen MR) is 73.8 cm³/mol. The van der Waals surface area contributed by atoms with Gasteiger partial charge in [-0.15, -0.1) is 11.3 Å². The van der Waals surface area contributed by atoms with Gasteiger partial charge in [0.15, 0.2) is 5.78 Å². The molecule has 0 aliphatic carbocycles. The minimum absolute atomic E-state index is 0.106. The molecule has 0 unspecified atom stereocenters. The summed E-state index contributed by atoms with van der Waals surface area (Å²) >= 11 is 4.95. The van der Waals surface area contributed by atoms with Crippen LogP contribution in [0, 0.1) is 13.8 Å². The van der Waals surface area contributed by atoms with Crippen LogP contribution in [-0.2, 0) is 6.42 Å². The summed E-state index contributed by atoms with van der Waals surface area (Å²) in [7, 11) is 0. The van der Waals surface area contributed by atoms with Gasteiger partial charge in [0.2, 0.25) is 0 Å². The lowest BCUT2D eigenvalue weighted by atomic mass is 10.1. The van der Waals surface area contributed by atoms with Crippen molar-refractivity contribution in [2.45, 2.75) is 20.3 Å². The van der Waals surface area contributed by atoms with Gasteiger partial charge in [-0.05, 0) is 26.0 Å².